The molecule has 1 atom stereocenters. The van der Waals surface area contributed by atoms with E-state index in [-0.39, 0.29) is 5.69 Å². The van der Waals surface area contributed by atoms with Crippen molar-refractivity contribution in [1.29, 1.82) is 0 Å². The highest BCUT2D eigenvalue weighted by atomic mass is 79.9. The molecule has 0 aliphatic carbocycles. The molecule has 0 amide bonds. The van der Waals surface area contributed by atoms with Gasteiger partial charge in [-0.2, -0.15) is 0 Å². The number of nitrogens with one attached hydrogen (secondary N) is 1. The summed E-state index contributed by atoms with van der Waals surface area (Å²) in [6, 6.07) is 1.47. The lowest BCUT2D eigenvalue weighted by Crippen LogP contribution is -2.30. The zero-order valence-electron chi connectivity index (χ0n) is 9.39. The minimum absolute atomic E-state index is 0.296. The molecular weight excluding hydrogens is 296 g/mol. The summed E-state index contributed by atoms with van der Waals surface area (Å²) in [7, 11) is 1.22. The first-order chi connectivity index (χ1) is 7.99. The Morgan fingerprint density at radius 2 is 2.00 bits per heavy atom. The van der Waals surface area contributed by atoms with E-state index in [2.05, 4.69) is 26.0 Å². The van der Waals surface area contributed by atoms with Crippen LogP contribution in [-0.2, 0) is 9.53 Å². The first-order valence-electron chi connectivity index (χ1n) is 4.98. The molecule has 17 heavy (non-hydrogen) atoms. The van der Waals surface area contributed by atoms with Crippen LogP contribution in [0.4, 0.5) is 14.5 Å². The van der Waals surface area contributed by atoms with Crippen LogP contribution in [0.3, 0.4) is 0 Å². The SMILES string of the molecule is CCC(Nc1c(F)cc(Br)cc1F)C(=O)OC. The number of anilines is 1. The van der Waals surface area contributed by atoms with Crippen LogP contribution in [0.25, 0.3) is 0 Å². The molecule has 0 heterocycles. The molecular formula is C11H12BrF2NO2. The van der Waals surface area contributed by atoms with E-state index in [0.717, 1.165) is 12.1 Å². The third kappa shape index (κ3) is 3.39. The van der Waals surface area contributed by atoms with Crippen molar-refractivity contribution in [2.75, 3.05) is 12.4 Å². The molecule has 0 bridgehead atoms. The zero-order valence-corrected chi connectivity index (χ0v) is 11.0. The van der Waals surface area contributed by atoms with Crippen molar-refractivity contribution in [3.05, 3.63) is 28.2 Å². The lowest BCUT2D eigenvalue weighted by molar-refractivity contribution is -0.141. The van der Waals surface area contributed by atoms with Gasteiger partial charge in [-0.05, 0) is 18.6 Å². The Bertz CT molecular complexity index is 403. The highest BCUT2D eigenvalue weighted by Crippen LogP contribution is 2.24. The van der Waals surface area contributed by atoms with Crippen LogP contribution in [0.5, 0.6) is 0 Å². The maximum atomic E-state index is 13.5. The number of carbonyl (C=O) groups is 1. The Morgan fingerprint density at radius 1 is 1.47 bits per heavy atom. The fourth-order valence-electron chi connectivity index (χ4n) is 1.32. The molecule has 0 aromatic heterocycles. The maximum absolute atomic E-state index is 13.5. The molecule has 1 aromatic rings. The molecule has 0 spiro atoms. The molecule has 1 N–H and O–H groups in total. The summed E-state index contributed by atoms with van der Waals surface area (Å²) in [5.74, 6) is -2.09. The smallest absolute Gasteiger partial charge is 0.328 e. The molecule has 0 aliphatic rings. The van der Waals surface area contributed by atoms with E-state index in [0.29, 0.717) is 10.9 Å². The summed E-state index contributed by atoms with van der Waals surface area (Å²) in [4.78, 5) is 11.3. The zero-order chi connectivity index (χ0) is 13.0. The van der Waals surface area contributed by atoms with E-state index in [1.807, 2.05) is 0 Å². The molecule has 3 nitrogen and oxygen atoms in total. The van der Waals surface area contributed by atoms with Gasteiger partial charge in [0.05, 0.1) is 7.11 Å². The van der Waals surface area contributed by atoms with E-state index >= 15 is 0 Å². The van der Waals surface area contributed by atoms with Crippen LogP contribution in [0.2, 0.25) is 0 Å². The number of hydrogen-bond acceptors (Lipinski definition) is 3. The Morgan fingerprint density at radius 3 is 2.41 bits per heavy atom. The van der Waals surface area contributed by atoms with Crippen molar-refractivity contribution in [2.45, 2.75) is 19.4 Å². The summed E-state index contributed by atoms with van der Waals surface area (Å²) < 4.78 is 31.8. The van der Waals surface area contributed by atoms with Crippen molar-refractivity contribution in [3.8, 4) is 0 Å². The predicted octanol–water partition coefficient (Wildman–Crippen LogP) is 3.09. The highest BCUT2D eigenvalue weighted by Gasteiger charge is 2.20. The normalized spacial score (nSPS) is 12.1. The lowest BCUT2D eigenvalue weighted by Gasteiger charge is -2.16. The number of halogens is 3. The van der Waals surface area contributed by atoms with Crippen LogP contribution in [-0.4, -0.2) is 19.1 Å². The van der Waals surface area contributed by atoms with Crippen molar-refractivity contribution < 1.29 is 18.3 Å². The molecule has 6 heteroatoms. The Balaban J connectivity index is 2.98. The standard InChI is InChI=1S/C11H12BrF2NO2/c1-3-9(11(16)17-2)15-10-7(13)4-6(12)5-8(10)14/h4-5,9,15H,3H2,1-2H3. The van der Waals surface area contributed by atoms with Crippen LogP contribution in [0, 0.1) is 11.6 Å². The summed E-state index contributed by atoms with van der Waals surface area (Å²) >= 11 is 2.97. The molecule has 1 rings (SSSR count). The van der Waals surface area contributed by atoms with Gasteiger partial charge >= 0.3 is 5.97 Å². The van der Waals surface area contributed by atoms with Gasteiger partial charge < -0.3 is 10.1 Å². The number of benzene rings is 1. The van der Waals surface area contributed by atoms with Gasteiger partial charge in [0.25, 0.3) is 0 Å². The average molecular weight is 308 g/mol. The van der Waals surface area contributed by atoms with E-state index in [1.54, 1.807) is 6.92 Å². The van der Waals surface area contributed by atoms with Crippen LogP contribution in [0.15, 0.2) is 16.6 Å². The first-order valence-corrected chi connectivity index (χ1v) is 5.77. The summed E-state index contributed by atoms with van der Waals surface area (Å²) in [5, 5.41) is 2.50. The fraction of sp³-hybridized carbons (Fsp3) is 0.364. The minimum atomic E-state index is -0.773. The van der Waals surface area contributed by atoms with E-state index in [4.69, 9.17) is 0 Å². The van der Waals surface area contributed by atoms with Gasteiger partial charge in [0, 0.05) is 4.47 Å². The number of ether oxygens (including phenoxy) is 1. The first kappa shape index (κ1) is 13.9. The largest absolute Gasteiger partial charge is 0.467 e. The summed E-state index contributed by atoms with van der Waals surface area (Å²) in [5.41, 5.74) is -0.328. The molecule has 0 aliphatic heterocycles. The van der Waals surface area contributed by atoms with Gasteiger partial charge in [0.1, 0.15) is 23.4 Å². The monoisotopic (exact) mass is 307 g/mol. The number of carbonyl (C=O) groups excluding carboxylic acids is 1. The second-order valence-corrected chi connectivity index (χ2v) is 4.29. The molecule has 0 saturated carbocycles. The number of rotatable bonds is 4. The van der Waals surface area contributed by atoms with Crippen LogP contribution < -0.4 is 5.32 Å². The van der Waals surface area contributed by atoms with Crippen molar-refractivity contribution in [3.63, 3.8) is 0 Å². The van der Waals surface area contributed by atoms with Gasteiger partial charge in [-0.1, -0.05) is 22.9 Å². The quantitative estimate of drug-likeness (QED) is 0.869. The fourth-order valence-corrected chi connectivity index (χ4v) is 1.73. The van der Waals surface area contributed by atoms with Gasteiger partial charge in [-0.3, -0.25) is 0 Å². The molecule has 0 saturated heterocycles. The summed E-state index contributed by atoms with van der Waals surface area (Å²) in [6.45, 7) is 1.71. The molecule has 94 valence electrons. The van der Waals surface area contributed by atoms with E-state index in [1.165, 1.54) is 7.11 Å². The Labute approximate surface area is 106 Å². The molecule has 1 aromatic carbocycles. The Hall–Kier alpha value is -1.17. The molecule has 1 unspecified atom stereocenters. The summed E-state index contributed by atoms with van der Waals surface area (Å²) in [6.07, 6.45) is 0.363. The van der Waals surface area contributed by atoms with Crippen molar-refractivity contribution >= 4 is 27.6 Å². The number of hydrogen-bond donors (Lipinski definition) is 1. The topological polar surface area (TPSA) is 38.3 Å². The maximum Gasteiger partial charge on any atom is 0.328 e. The molecule has 0 fully saturated rings. The van der Waals surface area contributed by atoms with Crippen molar-refractivity contribution in [1.82, 2.24) is 0 Å². The lowest BCUT2D eigenvalue weighted by atomic mass is 10.2. The van der Waals surface area contributed by atoms with Gasteiger partial charge in [-0.25, -0.2) is 13.6 Å². The second kappa shape index (κ2) is 5.95. The van der Waals surface area contributed by atoms with E-state index < -0.39 is 23.6 Å². The van der Waals surface area contributed by atoms with Crippen LogP contribution >= 0.6 is 15.9 Å². The van der Waals surface area contributed by atoms with Gasteiger partial charge in [-0.15, -0.1) is 0 Å². The molecule has 0 radical (unpaired) electrons. The third-order valence-electron chi connectivity index (χ3n) is 2.22. The van der Waals surface area contributed by atoms with Crippen LogP contribution in [0.1, 0.15) is 13.3 Å². The van der Waals surface area contributed by atoms with Crippen molar-refractivity contribution in [2.24, 2.45) is 0 Å². The Kier molecular flexibility index (Phi) is 4.86. The highest BCUT2D eigenvalue weighted by molar-refractivity contribution is 9.10. The second-order valence-electron chi connectivity index (χ2n) is 3.37. The average Bonchev–Trinajstić information content (AvgIpc) is 2.27. The minimum Gasteiger partial charge on any atom is -0.467 e. The number of esters is 1. The predicted molar refractivity (Wildman–Crippen MR) is 63.8 cm³/mol. The van der Waals surface area contributed by atoms with Gasteiger partial charge in [0.2, 0.25) is 0 Å². The van der Waals surface area contributed by atoms with Gasteiger partial charge in [0.15, 0.2) is 0 Å². The third-order valence-corrected chi connectivity index (χ3v) is 2.68. The number of methoxy groups -OCH3 is 1. The van der Waals surface area contributed by atoms with E-state index in [9.17, 15) is 13.6 Å².